The van der Waals surface area contributed by atoms with Gasteiger partial charge < -0.3 is 15.1 Å². The molecule has 150 valence electrons. The Morgan fingerprint density at radius 1 is 1.11 bits per heavy atom. The maximum Gasteiger partial charge on any atom is 0.334 e. The van der Waals surface area contributed by atoms with Crippen LogP contribution in [0.4, 0.5) is 5.69 Å². The van der Waals surface area contributed by atoms with Crippen LogP contribution in [-0.2, 0) is 9.59 Å². The Labute approximate surface area is 162 Å². The lowest BCUT2D eigenvalue weighted by atomic mass is 9.79. The molecule has 0 aromatic heterocycles. The standard InChI is InChI=1S/C20H24N2O6/c1-11(2)9-10-21-12(3)16(19(23)24)18(17(13(21)4)20(25)26)14-7-5-6-8-15(14)22(27)28/h5-8,11,18H,9-10H2,1-4H3,(H,23,24)(H,25,26). The van der Waals surface area contributed by atoms with Gasteiger partial charge in [-0.2, -0.15) is 0 Å². The third-order valence-electron chi connectivity index (χ3n) is 5.00. The van der Waals surface area contributed by atoms with Crippen LogP contribution in [0.1, 0.15) is 45.6 Å². The minimum absolute atomic E-state index is 0.0597. The first kappa shape index (κ1) is 21.1. The molecule has 0 fully saturated rings. The molecule has 0 spiro atoms. The smallest absolute Gasteiger partial charge is 0.334 e. The number of nitro groups is 1. The monoisotopic (exact) mass is 388 g/mol. The lowest BCUT2D eigenvalue weighted by molar-refractivity contribution is -0.385. The highest BCUT2D eigenvalue weighted by Gasteiger charge is 2.41. The van der Waals surface area contributed by atoms with Gasteiger partial charge in [-0.3, -0.25) is 10.1 Å². The molecule has 1 aromatic carbocycles. The Bertz CT molecular complexity index is 846. The van der Waals surface area contributed by atoms with E-state index in [4.69, 9.17) is 0 Å². The predicted molar refractivity (Wildman–Crippen MR) is 103 cm³/mol. The molecule has 1 heterocycles. The Morgan fingerprint density at radius 2 is 1.61 bits per heavy atom. The van der Waals surface area contributed by atoms with Crippen LogP contribution in [0.3, 0.4) is 0 Å². The van der Waals surface area contributed by atoms with E-state index in [1.807, 2.05) is 13.8 Å². The Balaban J connectivity index is 2.78. The summed E-state index contributed by atoms with van der Waals surface area (Å²) in [7, 11) is 0. The molecular formula is C20H24N2O6. The second-order valence-corrected chi connectivity index (χ2v) is 7.19. The summed E-state index contributed by atoms with van der Waals surface area (Å²) >= 11 is 0. The van der Waals surface area contributed by atoms with Crippen LogP contribution in [0, 0.1) is 16.0 Å². The quantitative estimate of drug-likeness (QED) is 0.539. The summed E-state index contributed by atoms with van der Waals surface area (Å²) in [6.07, 6.45) is 0.741. The van der Waals surface area contributed by atoms with Gasteiger partial charge in [0.05, 0.1) is 22.0 Å². The lowest BCUT2D eigenvalue weighted by Crippen LogP contribution is -2.35. The number of benzene rings is 1. The third-order valence-corrected chi connectivity index (χ3v) is 5.00. The molecule has 2 N–H and O–H groups in total. The maximum atomic E-state index is 12.1. The molecule has 0 saturated heterocycles. The molecule has 8 nitrogen and oxygen atoms in total. The van der Waals surface area contributed by atoms with Crippen LogP contribution in [-0.4, -0.2) is 38.5 Å². The number of para-hydroxylation sites is 1. The molecular weight excluding hydrogens is 364 g/mol. The van der Waals surface area contributed by atoms with Gasteiger partial charge in [-0.25, -0.2) is 9.59 Å². The van der Waals surface area contributed by atoms with E-state index in [-0.39, 0.29) is 22.4 Å². The molecule has 0 radical (unpaired) electrons. The number of nitrogens with zero attached hydrogens (tertiary/aromatic N) is 2. The van der Waals surface area contributed by atoms with Crippen LogP contribution < -0.4 is 0 Å². The summed E-state index contributed by atoms with van der Waals surface area (Å²) < 4.78 is 0. The van der Waals surface area contributed by atoms with Crippen molar-refractivity contribution in [2.75, 3.05) is 6.54 Å². The zero-order valence-electron chi connectivity index (χ0n) is 16.3. The summed E-state index contributed by atoms with van der Waals surface area (Å²) in [5.41, 5.74) is 0.255. The second kappa shape index (κ2) is 8.24. The molecule has 0 atom stereocenters. The van der Waals surface area contributed by atoms with E-state index in [9.17, 15) is 29.9 Å². The minimum atomic E-state index is -1.29. The van der Waals surface area contributed by atoms with E-state index >= 15 is 0 Å². The van der Waals surface area contributed by atoms with Crippen LogP contribution in [0.25, 0.3) is 0 Å². The fourth-order valence-corrected chi connectivity index (χ4v) is 3.59. The van der Waals surface area contributed by atoms with Crippen molar-refractivity contribution in [1.82, 2.24) is 4.90 Å². The van der Waals surface area contributed by atoms with Gasteiger partial charge in [0, 0.05) is 29.6 Å². The van der Waals surface area contributed by atoms with Gasteiger partial charge in [-0.15, -0.1) is 0 Å². The fraction of sp³-hybridized carbons (Fsp3) is 0.400. The summed E-state index contributed by atoms with van der Waals surface area (Å²) in [6.45, 7) is 7.75. The molecule has 8 heteroatoms. The first-order valence-electron chi connectivity index (χ1n) is 8.96. The number of carboxylic acid groups (broad SMARTS) is 2. The number of carboxylic acids is 2. The Hall–Kier alpha value is -3.16. The van der Waals surface area contributed by atoms with E-state index in [1.54, 1.807) is 18.7 Å². The average Bonchev–Trinajstić information content (AvgIpc) is 2.59. The minimum Gasteiger partial charge on any atom is -0.478 e. The zero-order chi connectivity index (χ0) is 21.2. The normalized spacial score (nSPS) is 15.4. The SMILES string of the molecule is CC1=C(C(=O)O)C(c2ccccc2[N+](=O)[O-])C(C(=O)O)=C(C)N1CCC(C)C. The zero-order valence-corrected chi connectivity index (χ0v) is 16.3. The number of hydrogen-bond donors (Lipinski definition) is 2. The van der Waals surface area contributed by atoms with Crippen LogP contribution >= 0.6 is 0 Å². The van der Waals surface area contributed by atoms with Crippen molar-refractivity contribution in [3.05, 3.63) is 62.5 Å². The van der Waals surface area contributed by atoms with Crippen molar-refractivity contribution < 1.29 is 24.7 Å². The molecule has 1 aliphatic heterocycles. The molecule has 1 aliphatic rings. The summed E-state index contributed by atoms with van der Waals surface area (Å²) in [4.78, 5) is 36.8. The number of rotatable bonds is 7. The summed E-state index contributed by atoms with van der Waals surface area (Å²) in [5, 5.41) is 31.3. The topological polar surface area (TPSA) is 121 Å². The Kier molecular flexibility index (Phi) is 6.23. The maximum absolute atomic E-state index is 12.1. The van der Waals surface area contributed by atoms with Gasteiger partial charge in [-0.05, 0) is 26.2 Å². The van der Waals surface area contributed by atoms with E-state index < -0.39 is 22.8 Å². The highest BCUT2D eigenvalue weighted by atomic mass is 16.6. The Morgan fingerprint density at radius 3 is 2.04 bits per heavy atom. The van der Waals surface area contributed by atoms with Gasteiger partial charge in [0.1, 0.15) is 0 Å². The van der Waals surface area contributed by atoms with Crippen molar-refractivity contribution in [2.45, 2.75) is 40.0 Å². The van der Waals surface area contributed by atoms with E-state index in [1.165, 1.54) is 24.3 Å². The van der Waals surface area contributed by atoms with Crippen molar-refractivity contribution in [2.24, 2.45) is 5.92 Å². The van der Waals surface area contributed by atoms with E-state index in [0.29, 0.717) is 23.9 Å². The van der Waals surface area contributed by atoms with Crippen LogP contribution in [0.2, 0.25) is 0 Å². The fourth-order valence-electron chi connectivity index (χ4n) is 3.59. The van der Waals surface area contributed by atoms with Crippen molar-refractivity contribution in [1.29, 1.82) is 0 Å². The highest BCUT2D eigenvalue weighted by Crippen LogP contribution is 2.44. The van der Waals surface area contributed by atoms with Gasteiger partial charge in [0.25, 0.3) is 5.69 Å². The molecule has 0 unspecified atom stereocenters. The number of allylic oxidation sites excluding steroid dienone is 2. The van der Waals surface area contributed by atoms with E-state index in [0.717, 1.165) is 6.42 Å². The molecule has 2 rings (SSSR count). The number of carbonyl (C=O) groups is 2. The van der Waals surface area contributed by atoms with E-state index in [2.05, 4.69) is 0 Å². The second-order valence-electron chi connectivity index (χ2n) is 7.19. The summed E-state index contributed by atoms with van der Waals surface area (Å²) in [6, 6.07) is 5.67. The highest BCUT2D eigenvalue weighted by molar-refractivity contribution is 5.98. The van der Waals surface area contributed by atoms with Crippen LogP contribution in [0.5, 0.6) is 0 Å². The van der Waals surface area contributed by atoms with Crippen molar-refractivity contribution >= 4 is 17.6 Å². The number of hydrogen-bond acceptors (Lipinski definition) is 5. The van der Waals surface area contributed by atoms with Crippen molar-refractivity contribution in [3.63, 3.8) is 0 Å². The molecule has 0 bridgehead atoms. The molecule has 0 amide bonds. The van der Waals surface area contributed by atoms with Gasteiger partial charge in [0.2, 0.25) is 0 Å². The first-order valence-corrected chi connectivity index (χ1v) is 8.96. The molecule has 28 heavy (non-hydrogen) atoms. The molecule has 0 saturated carbocycles. The van der Waals surface area contributed by atoms with Gasteiger partial charge in [-0.1, -0.05) is 32.0 Å². The van der Waals surface area contributed by atoms with Gasteiger partial charge in [0.15, 0.2) is 0 Å². The summed E-state index contributed by atoms with van der Waals surface area (Å²) in [5.74, 6) is -3.47. The predicted octanol–water partition coefficient (Wildman–Crippen LogP) is 3.76. The molecule has 0 aliphatic carbocycles. The molecule has 1 aromatic rings. The largest absolute Gasteiger partial charge is 0.478 e. The van der Waals surface area contributed by atoms with Crippen LogP contribution in [0.15, 0.2) is 46.8 Å². The average molecular weight is 388 g/mol. The van der Waals surface area contributed by atoms with Gasteiger partial charge >= 0.3 is 11.9 Å². The number of aliphatic carboxylic acids is 2. The number of nitro benzene ring substituents is 1. The third kappa shape index (κ3) is 3.90. The lowest BCUT2D eigenvalue weighted by Gasteiger charge is -2.37. The van der Waals surface area contributed by atoms with Crippen molar-refractivity contribution in [3.8, 4) is 0 Å². The first-order chi connectivity index (χ1) is 13.1.